The van der Waals surface area contributed by atoms with Crippen LogP contribution in [0.5, 0.6) is 5.75 Å². The van der Waals surface area contributed by atoms with Crippen LogP contribution in [0.1, 0.15) is 13.8 Å². The van der Waals surface area contributed by atoms with Gasteiger partial charge in [0.1, 0.15) is 5.75 Å². The van der Waals surface area contributed by atoms with Crippen molar-refractivity contribution in [1.82, 2.24) is 0 Å². The molecule has 148 valence electrons. The first-order chi connectivity index (χ1) is 13.8. The molecule has 29 heavy (non-hydrogen) atoms. The molecule has 3 rings (SSSR count). The minimum atomic E-state index is -0.460. The minimum Gasteiger partial charge on any atom is -0.491 e. The van der Waals surface area contributed by atoms with Crippen molar-refractivity contribution in [1.29, 1.82) is 0 Å². The Bertz CT molecular complexity index is 942. The SMILES string of the molecule is CC(C)Oc1ccc(N(c2ccc([N+](=O)[O-])cc2)c2ccc([N+](=O)[O-])cc2)cc1. The third-order valence-corrected chi connectivity index (χ3v) is 4.10. The smallest absolute Gasteiger partial charge is 0.269 e. The van der Waals surface area contributed by atoms with Crippen LogP contribution >= 0.6 is 0 Å². The molecule has 0 N–H and O–H groups in total. The summed E-state index contributed by atoms with van der Waals surface area (Å²) in [6, 6.07) is 19.6. The highest BCUT2D eigenvalue weighted by molar-refractivity contribution is 5.77. The lowest BCUT2D eigenvalue weighted by molar-refractivity contribution is -0.385. The molecule has 0 aliphatic carbocycles. The van der Waals surface area contributed by atoms with E-state index in [0.29, 0.717) is 11.4 Å². The van der Waals surface area contributed by atoms with Gasteiger partial charge in [0.25, 0.3) is 11.4 Å². The lowest BCUT2D eigenvalue weighted by Crippen LogP contribution is -2.10. The Morgan fingerprint density at radius 1 is 0.690 bits per heavy atom. The van der Waals surface area contributed by atoms with E-state index >= 15 is 0 Å². The second kappa shape index (κ2) is 8.39. The fourth-order valence-corrected chi connectivity index (χ4v) is 2.84. The number of ether oxygens (including phenoxy) is 1. The molecule has 3 aromatic rings. The van der Waals surface area contributed by atoms with Gasteiger partial charge in [-0.1, -0.05) is 0 Å². The summed E-state index contributed by atoms with van der Waals surface area (Å²) in [6.45, 7) is 3.88. The van der Waals surface area contributed by atoms with Crippen molar-refractivity contribution in [3.8, 4) is 5.75 Å². The third kappa shape index (κ3) is 4.67. The Labute approximate surface area is 167 Å². The van der Waals surface area contributed by atoms with Crippen molar-refractivity contribution >= 4 is 28.4 Å². The second-order valence-corrected chi connectivity index (χ2v) is 6.54. The summed E-state index contributed by atoms with van der Waals surface area (Å²) >= 11 is 0. The number of non-ortho nitro benzene ring substituents is 2. The van der Waals surface area contributed by atoms with Gasteiger partial charge in [0.15, 0.2) is 0 Å². The number of nitrogens with zero attached hydrogens (tertiary/aromatic N) is 3. The summed E-state index contributed by atoms with van der Waals surface area (Å²) in [5.41, 5.74) is 2.11. The van der Waals surface area contributed by atoms with E-state index in [-0.39, 0.29) is 17.5 Å². The standard InChI is InChI=1S/C21H19N3O5/c1-15(2)29-21-13-11-18(12-14-21)22(16-3-7-19(8-4-16)23(25)26)17-5-9-20(10-6-17)24(27)28/h3-15H,1-2H3. The van der Waals surface area contributed by atoms with Crippen LogP contribution in [0.3, 0.4) is 0 Å². The van der Waals surface area contributed by atoms with Gasteiger partial charge < -0.3 is 9.64 Å². The number of rotatable bonds is 7. The van der Waals surface area contributed by atoms with Gasteiger partial charge >= 0.3 is 0 Å². The first kappa shape index (κ1) is 19.8. The van der Waals surface area contributed by atoms with E-state index in [9.17, 15) is 20.2 Å². The normalized spacial score (nSPS) is 10.6. The van der Waals surface area contributed by atoms with Gasteiger partial charge in [0.2, 0.25) is 0 Å². The van der Waals surface area contributed by atoms with Crippen LogP contribution in [-0.2, 0) is 0 Å². The Hall–Kier alpha value is -3.94. The number of hydrogen-bond donors (Lipinski definition) is 0. The fraction of sp³-hybridized carbons (Fsp3) is 0.143. The van der Waals surface area contributed by atoms with Crippen LogP contribution in [0.2, 0.25) is 0 Å². The molecule has 0 aliphatic rings. The summed E-state index contributed by atoms with van der Waals surface area (Å²) in [7, 11) is 0. The zero-order chi connectivity index (χ0) is 21.0. The van der Waals surface area contributed by atoms with E-state index in [1.165, 1.54) is 24.3 Å². The van der Waals surface area contributed by atoms with Gasteiger partial charge in [-0.25, -0.2) is 0 Å². The molecule has 8 heteroatoms. The molecule has 0 aromatic heterocycles. The highest BCUT2D eigenvalue weighted by Crippen LogP contribution is 2.36. The van der Waals surface area contributed by atoms with E-state index in [1.807, 2.05) is 43.0 Å². The van der Waals surface area contributed by atoms with Gasteiger partial charge in [-0.2, -0.15) is 0 Å². The number of benzene rings is 3. The van der Waals surface area contributed by atoms with Crippen LogP contribution in [0.4, 0.5) is 28.4 Å². The number of nitro benzene ring substituents is 2. The van der Waals surface area contributed by atoms with Crippen molar-refractivity contribution in [2.45, 2.75) is 20.0 Å². The molecule has 0 fully saturated rings. The molecular weight excluding hydrogens is 374 g/mol. The lowest BCUT2D eigenvalue weighted by Gasteiger charge is -2.25. The summed E-state index contributed by atoms with van der Waals surface area (Å²) in [6.07, 6.45) is 0.0429. The monoisotopic (exact) mass is 393 g/mol. The first-order valence-electron chi connectivity index (χ1n) is 8.91. The Morgan fingerprint density at radius 3 is 1.34 bits per heavy atom. The molecule has 3 aromatic carbocycles. The highest BCUT2D eigenvalue weighted by atomic mass is 16.6. The molecule has 0 radical (unpaired) electrons. The summed E-state index contributed by atoms with van der Waals surface area (Å²) in [5, 5.41) is 21.9. The minimum absolute atomic E-state index is 0.0157. The lowest BCUT2D eigenvalue weighted by atomic mass is 10.1. The average molecular weight is 393 g/mol. The molecule has 0 spiro atoms. The highest BCUT2D eigenvalue weighted by Gasteiger charge is 2.16. The number of anilines is 3. The Morgan fingerprint density at radius 2 is 1.03 bits per heavy atom. The van der Waals surface area contributed by atoms with Gasteiger partial charge in [-0.05, 0) is 62.4 Å². The molecule has 0 saturated carbocycles. The zero-order valence-electron chi connectivity index (χ0n) is 15.9. The first-order valence-corrected chi connectivity index (χ1v) is 8.91. The maximum Gasteiger partial charge on any atom is 0.269 e. The van der Waals surface area contributed by atoms with Crippen molar-refractivity contribution in [3.05, 3.63) is 93.0 Å². The molecule has 0 amide bonds. The zero-order valence-corrected chi connectivity index (χ0v) is 15.9. The van der Waals surface area contributed by atoms with Crippen molar-refractivity contribution < 1.29 is 14.6 Å². The van der Waals surface area contributed by atoms with Crippen LogP contribution in [-0.4, -0.2) is 16.0 Å². The predicted octanol–water partition coefficient (Wildman–Crippen LogP) is 5.76. The molecule has 0 bridgehead atoms. The summed E-state index contributed by atoms with van der Waals surface area (Å²) < 4.78 is 5.68. The fourth-order valence-electron chi connectivity index (χ4n) is 2.84. The number of nitro groups is 2. The quantitative estimate of drug-likeness (QED) is 0.374. The molecule has 8 nitrogen and oxygen atoms in total. The molecule has 0 heterocycles. The second-order valence-electron chi connectivity index (χ2n) is 6.54. The molecule has 0 unspecified atom stereocenters. The number of hydrogen-bond acceptors (Lipinski definition) is 6. The van der Waals surface area contributed by atoms with E-state index in [1.54, 1.807) is 24.3 Å². The van der Waals surface area contributed by atoms with Crippen LogP contribution in [0, 0.1) is 20.2 Å². The van der Waals surface area contributed by atoms with Crippen molar-refractivity contribution in [3.63, 3.8) is 0 Å². The van der Waals surface area contributed by atoms with Crippen molar-refractivity contribution in [2.24, 2.45) is 0 Å². The van der Waals surface area contributed by atoms with Gasteiger partial charge in [0.05, 0.1) is 16.0 Å². The average Bonchev–Trinajstić information content (AvgIpc) is 2.70. The third-order valence-electron chi connectivity index (χ3n) is 4.10. The van der Waals surface area contributed by atoms with Gasteiger partial charge in [-0.3, -0.25) is 20.2 Å². The molecule has 0 saturated heterocycles. The topological polar surface area (TPSA) is 98.8 Å². The summed E-state index contributed by atoms with van der Waals surface area (Å²) in [5.74, 6) is 0.719. The van der Waals surface area contributed by atoms with E-state index in [0.717, 1.165) is 11.4 Å². The van der Waals surface area contributed by atoms with Crippen LogP contribution in [0.25, 0.3) is 0 Å². The van der Waals surface area contributed by atoms with E-state index < -0.39 is 9.85 Å². The van der Waals surface area contributed by atoms with Gasteiger partial charge in [-0.15, -0.1) is 0 Å². The molecule has 0 aliphatic heterocycles. The maximum absolute atomic E-state index is 11.0. The van der Waals surface area contributed by atoms with Gasteiger partial charge in [0, 0.05) is 41.3 Å². The Balaban J connectivity index is 2.03. The van der Waals surface area contributed by atoms with Crippen LogP contribution in [0.15, 0.2) is 72.8 Å². The summed E-state index contributed by atoms with van der Waals surface area (Å²) in [4.78, 5) is 22.9. The Kier molecular flexibility index (Phi) is 5.73. The van der Waals surface area contributed by atoms with E-state index in [4.69, 9.17) is 4.74 Å². The maximum atomic E-state index is 11.0. The predicted molar refractivity (Wildman–Crippen MR) is 110 cm³/mol. The van der Waals surface area contributed by atoms with Crippen molar-refractivity contribution in [2.75, 3.05) is 4.90 Å². The largest absolute Gasteiger partial charge is 0.491 e. The molecule has 0 atom stereocenters. The van der Waals surface area contributed by atoms with Crippen LogP contribution < -0.4 is 9.64 Å². The van der Waals surface area contributed by atoms with E-state index in [2.05, 4.69) is 0 Å². The molecular formula is C21H19N3O5.